The van der Waals surface area contributed by atoms with Gasteiger partial charge >= 0.3 is 0 Å². The molecule has 4 aromatic carbocycles. The number of halogens is 2. The quantitative estimate of drug-likeness (QED) is 0.0971. The van der Waals surface area contributed by atoms with E-state index < -0.39 is 5.67 Å². The van der Waals surface area contributed by atoms with Crippen LogP contribution in [0, 0.1) is 24.8 Å². The van der Waals surface area contributed by atoms with E-state index in [0.29, 0.717) is 72.3 Å². The van der Waals surface area contributed by atoms with Gasteiger partial charge in [-0.15, -0.1) is 0 Å². The fourth-order valence-electron chi connectivity index (χ4n) is 8.07. The summed E-state index contributed by atoms with van der Waals surface area (Å²) in [7, 11) is 0. The zero-order valence-corrected chi connectivity index (χ0v) is 33.4. The molecule has 0 spiro atoms. The number of rotatable bonds is 14. The van der Waals surface area contributed by atoms with Gasteiger partial charge in [0.15, 0.2) is 5.69 Å². The summed E-state index contributed by atoms with van der Waals surface area (Å²) in [6.45, 7) is 15.5. The number of nitrogens with one attached hydrogen (secondary N) is 2. The van der Waals surface area contributed by atoms with Crippen LogP contribution in [0.15, 0.2) is 66.7 Å². The first-order valence-corrected chi connectivity index (χ1v) is 20.3. The van der Waals surface area contributed by atoms with Gasteiger partial charge in [-0.3, -0.25) is 4.79 Å². The monoisotopic (exact) mass is 789 g/mol. The van der Waals surface area contributed by atoms with Gasteiger partial charge in [-0.25, -0.2) is 9.24 Å². The van der Waals surface area contributed by atoms with Crippen LogP contribution in [0.2, 0.25) is 5.02 Å². The molecule has 2 heterocycles. The van der Waals surface area contributed by atoms with Gasteiger partial charge in [0.05, 0.1) is 24.3 Å². The average Bonchev–Trinajstić information content (AvgIpc) is 3.63. The number of benzene rings is 4. The second kappa shape index (κ2) is 18.0. The number of amides is 1. The van der Waals surface area contributed by atoms with Gasteiger partial charge in [0.2, 0.25) is 5.91 Å². The van der Waals surface area contributed by atoms with Crippen LogP contribution in [-0.4, -0.2) is 55.3 Å². The molecule has 2 saturated heterocycles. The van der Waals surface area contributed by atoms with Crippen molar-refractivity contribution in [3.63, 3.8) is 0 Å². The maximum Gasteiger partial charge on any atom is 0.220 e. The lowest BCUT2D eigenvalue weighted by molar-refractivity contribution is -0.122. The second-order valence-corrected chi connectivity index (χ2v) is 16.0. The molecule has 296 valence electrons. The van der Waals surface area contributed by atoms with Gasteiger partial charge in [0.25, 0.3) is 0 Å². The summed E-state index contributed by atoms with van der Waals surface area (Å²) in [5.74, 6) is 2.01. The molecule has 0 saturated carbocycles. The third kappa shape index (κ3) is 9.88. The Morgan fingerprint density at radius 1 is 1.04 bits per heavy atom. The zero-order valence-electron chi connectivity index (χ0n) is 32.6. The van der Waals surface area contributed by atoms with E-state index >= 15 is 0 Å². The molecule has 1 aliphatic carbocycles. The Bertz CT molecular complexity index is 2140. The molecule has 7 rings (SSSR count). The number of fused-ring (bicyclic) bond motifs is 1. The molecule has 0 aromatic heterocycles. The zero-order chi connectivity index (χ0) is 39.9. The van der Waals surface area contributed by atoms with Crippen molar-refractivity contribution in [3.05, 3.63) is 117 Å². The van der Waals surface area contributed by atoms with Crippen molar-refractivity contribution < 1.29 is 23.4 Å². The lowest BCUT2D eigenvalue weighted by Gasteiger charge is -2.34. The molecule has 9 nitrogen and oxygen atoms in total. The molecule has 0 bridgehead atoms. The van der Waals surface area contributed by atoms with Gasteiger partial charge in [-0.2, -0.15) is 5.26 Å². The maximum atomic E-state index is 14.2. The lowest BCUT2D eigenvalue weighted by atomic mass is 9.93. The maximum absolute atomic E-state index is 14.2. The average molecular weight is 790 g/mol. The minimum Gasteiger partial charge on any atom is -0.493 e. The summed E-state index contributed by atoms with van der Waals surface area (Å²) in [6.07, 6.45) is 4.67. The van der Waals surface area contributed by atoms with Crippen LogP contribution in [-0.2, 0) is 24.4 Å². The number of nitriles is 1. The molecule has 3 aliphatic rings. The van der Waals surface area contributed by atoms with Crippen LogP contribution in [0.4, 0.5) is 10.1 Å². The van der Waals surface area contributed by atoms with Gasteiger partial charge in [0, 0.05) is 62.4 Å². The van der Waals surface area contributed by atoms with Crippen molar-refractivity contribution in [2.24, 2.45) is 0 Å². The molecule has 0 unspecified atom stereocenters. The summed E-state index contributed by atoms with van der Waals surface area (Å²) in [6, 6.07) is 23.5. The van der Waals surface area contributed by atoms with E-state index in [1.165, 1.54) is 5.56 Å². The molecule has 11 heteroatoms. The first-order chi connectivity index (χ1) is 27.6. The summed E-state index contributed by atoms with van der Waals surface area (Å²) in [4.78, 5) is 17.6. The van der Waals surface area contributed by atoms with Crippen LogP contribution in [0.1, 0.15) is 84.9 Å². The molecule has 2 N–H and O–H groups in total. The predicted molar refractivity (Wildman–Crippen MR) is 220 cm³/mol. The van der Waals surface area contributed by atoms with Gasteiger partial charge in [-0.05, 0) is 116 Å². The molecule has 4 aromatic rings. The van der Waals surface area contributed by atoms with E-state index in [1.54, 1.807) is 25.1 Å². The SMILES string of the molecule is [C-]#[N+]c1cc(C#N)cc(COc2cc(O[C@H]3CCc4c(-c5cccc(OCCCN6CCC(C)(F)CC6)c5C)cccc43)c(Cl)cc2CN[C@@H]2CCC(=O)NC2)c1. The van der Waals surface area contributed by atoms with Crippen molar-refractivity contribution in [1.29, 1.82) is 5.26 Å². The summed E-state index contributed by atoms with van der Waals surface area (Å²) < 4.78 is 33.6. The minimum absolute atomic E-state index is 0.0580. The normalized spacial score (nSPS) is 18.9. The Kier molecular flexibility index (Phi) is 12.6. The molecule has 2 aliphatic heterocycles. The summed E-state index contributed by atoms with van der Waals surface area (Å²) in [5.41, 5.74) is 7.02. The summed E-state index contributed by atoms with van der Waals surface area (Å²) >= 11 is 6.95. The second-order valence-electron chi connectivity index (χ2n) is 15.6. The van der Waals surface area contributed by atoms with Crippen LogP contribution in [0.3, 0.4) is 0 Å². The highest BCUT2D eigenvalue weighted by Crippen LogP contribution is 2.44. The van der Waals surface area contributed by atoms with E-state index in [0.717, 1.165) is 78.9 Å². The summed E-state index contributed by atoms with van der Waals surface area (Å²) in [5, 5.41) is 16.4. The predicted octanol–water partition coefficient (Wildman–Crippen LogP) is 9.34. The Hall–Kier alpha value is -5.13. The highest BCUT2D eigenvalue weighted by Gasteiger charge is 2.30. The number of likely N-dealkylation sites (tertiary alicyclic amines) is 1. The van der Waals surface area contributed by atoms with E-state index in [9.17, 15) is 14.4 Å². The van der Waals surface area contributed by atoms with E-state index in [1.807, 2.05) is 24.3 Å². The first-order valence-electron chi connectivity index (χ1n) is 19.9. The number of carbonyl (C=O) groups excluding carboxylic acids is 1. The first kappa shape index (κ1) is 40.1. The van der Waals surface area contributed by atoms with Crippen molar-refractivity contribution >= 4 is 23.2 Å². The van der Waals surface area contributed by atoms with Gasteiger partial charge in [-0.1, -0.05) is 41.9 Å². The minimum atomic E-state index is -1.04. The molecule has 2 atom stereocenters. The highest BCUT2D eigenvalue weighted by molar-refractivity contribution is 6.32. The highest BCUT2D eigenvalue weighted by atomic mass is 35.5. The Morgan fingerprint density at radius 3 is 2.61 bits per heavy atom. The number of hydrogen-bond acceptors (Lipinski definition) is 7. The molecule has 2 fully saturated rings. The smallest absolute Gasteiger partial charge is 0.220 e. The fraction of sp³-hybridized carbons (Fsp3) is 0.413. The number of hydrogen-bond donors (Lipinski definition) is 2. The Morgan fingerprint density at radius 2 is 1.84 bits per heavy atom. The third-order valence-electron chi connectivity index (χ3n) is 11.4. The van der Waals surface area contributed by atoms with Crippen LogP contribution < -0.4 is 24.8 Å². The third-order valence-corrected chi connectivity index (χ3v) is 11.7. The number of nitrogens with zero attached hydrogens (tertiary/aromatic N) is 3. The van der Waals surface area contributed by atoms with E-state index in [4.69, 9.17) is 32.4 Å². The lowest BCUT2D eigenvalue weighted by Crippen LogP contribution is -2.45. The Balaban J connectivity index is 1.07. The molecule has 57 heavy (non-hydrogen) atoms. The van der Waals surface area contributed by atoms with Gasteiger partial charge < -0.3 is 29.7 Å². The van der Waals surface area contributed by atoms with Crippen LogP contribution in [0.5, 0.6) is 17.2 Å². The van der Waals surface area contributed by atoms with E-state index in [-0.39, 0.29) is 24.7 Å². The molecular formula is C46H49ClFN5O4. The van der Waals surface area contributed by atoms with Crippen molar-refractivity contribution in [2.45, 2.75) is 89.8 Å². The van der Waals surface area contributed by atoms with E-state index in [2.05, 4.69) is 57.6 Å². The topological polar surface area (TPSA) is 100 Å². The molecular weight excluding hydrogens is 741 g/mol. The number of carbonyl (C=O) groups is 1. The van der Waals surface area contributed by atoms with Crippen LogP contribution >= 0.6 is 11.6 Å². The fourth-order valence-corrected chi connectivity index (χ4v) is 8.30. The van der Waals surface area contributed by atoms with Crippen molar-refractivity contribution in [1.82, 2.24) is 15.5 Å². The van der Waals surface area contributed by atoms with Crippen molar-refractivity contribution in [3.8, 4) is 34.4 Å². The standard InChI is InChI=1S/C46H49ClFN5O4/c1-30-36(7-5-10-41(30)55-20-6-17-53-18-15-46(2,48)16-19-53)37-8-4-9-39-38(37)12-13-42(39)57-44-25-43(56-29-32-21-31(26-49)22-35(23-32)50-3)33(24-40(44)47)27-51-34-11-14-45(54)52-28-34/h4-5,7-10,21-25,34,42,51H,6,11-20,27-29H2,1-2H3,(H,52,54)/t34-,42+/m1/s1. The molecule has 1 amide bonds. The number of alkyl halides is 1. The number of ether oxygens (including phenoxy) is 3. The largest absolute Gasteiger partial charge is 0.493 e. The van der Waals surface area contributed by atoms with Crippen molar-refractivity contribution in [2.75, 3.05) is 32.8 Å². The molecule has 0 radical (unpaired) electrons. The number of piperidine rings is 2. The Labute approximate surface area is 339 Å². The van der Waals surface area contributed by atoms with Crippen LogP contribution in [0.25, 0.3) is 16.0 Å². The van der Waals surface area contributed by atoms with Gasteiger partial charge in [0.1, 0.15) is 35.6 Å².